The fourth-order valence-corrected chi connectivity index (χ4v) is 5.52. The lowest BCUT2D eigenvalue weighted by molar-refractivity contribution is -0.113. The third kappa shape index (κ3) is 6.30. The summed E-state index contributed by atoms with van der Waals surface area (Å²) in [6.45, 7) is 8.67. The molecule has 2 N–H and O–H groups in total. The zero-order valence-electron chi connectivity index (χ0n) is 23.7. The first-order valence-electron chi connectivity index (χ1n) is 13.8. The summed E-state index contributed by atoms with van der Waals surface area (Å²) in [5.74, 6) is 1.20. The SMILES string of the molecule is CCCCOc1ccc(C2C(C(=O)Nc3cccc(C)c3C)=C(C)Nc3nc(SCc4ccccc4F)nn32)cc1. The van der Waals surface area contributed by atoms with E-state index in [0.717, 1.165) is 41.0 Å². The quantitative estimate of drug-likeness (QED) is 0.152. The predicted octanol–water partition coefficient (Wildman–Crippen LogP) is 7.43. The van der Waals surface area contributed by atoms with Crippen molar-refractivity contribution in [3.63, 3.8) is 0 Å². The summed E-state index contributed by atoms with van der Waals surface area (Å²) in [5.41, 5.74) is 5.55. The maximum absolute atomic E-state index is 14.2. The number of aryl methyl sites for hydroxylation is 1. The predicted molar refractivity (Wildman–Crippen MR) is 162 cm³/mol. The highest BCUT2D eigenvalue weighted by molar-refractivity contribution is 7.98. The van der Waals surface area contributed by atoms with Gasteiger partial charge in [0, 0.05) is 17.1 Å². The first kappa shape index (κ1) is 28.4. The molecular weight excluding hydrogens is 537 g/mol. The van der Waals surface area contributed by atoms with E-state index in [-0.39, 0.29) is 11.7 Å². The van der Waals surface area contributed by atoms with Gasteiger partial charge in [-0.1, -0.05) is 67.6 Å². The van der Waals surface area contributed by atoms with Gasteiger partial charge < -0.3 is 15.4 Å². The highest BCUT2D eigenvalue weighted by atomic mass is 32.2. The van der Waals surface area contributed by atoms with Crippen LogP contribution < -0.4 is 15.4 Å². The van der Waals surface area contributed by atoms with E-state index in [1.165, 1.54) is 17.8 Å². The summed E-state index contributed by atoms with van der Waals surface area (Å²) < 4.78 is 21.8. The Hall–Kier alpha value is -4.11. The number of hydrogen-bond donors (Lipinski definition) is 2. The van der Waals surface area contributed by atoms with Crippen LogP contribution in [0.5, 0.6) is 5.75 Å². The lowest BCUT2D eigenvalue weighted by Crippen LogP contribution is -2.31. The molecule has 3 aromatic carbocycles. The number of anilines is 2. The fraction of sp³-hybridized carbons (Fsp3) is 0.281. The summed E-state index contributed by atoms with van der Waals surface area (Å²) >= 11 is 1.35. The molecule has 9 heteroatoms. The number of fused-ring (bicyclic) bond motifs is 1. The molecule has 2 heterocycles. The fourth-order valence-electron chi connectivity index (χ4n) is 4.71. The van der Waals surface area contributed by atoms with Crippen LogP contribution in [-0.4, -0.2) is 27.3 Å². The van der Waals surface area contributed by atoms with Gasteiger partial charge in [0.15, 0.2) is 0 Å². The number of aromatic nitrogens is 3. The average molecular weight is 572 g/mol. The molecule has 1 atom stereocenters. The molecule has 1 unspecified atom stereocenters. The number of carbonyl (C=O) groups is 1. The number of nitrogens with one attached hydrogen (secondary N) is 2. The van der Waals surface area contributed by atoms with Gasteiger partial charge in [-0.25, -0.2) is 9.07 Å². The molecule has 0 fully saturated rings. The van der Waals surface area contributed by atoms with Crippen LogP contribution in [0, 0.1) is 19.7 Å². The van der Waals surface area contributed by atoms with E-state index in [1.807, 2.05) is 69.3 Å². The highest BCUT2D eigenvalue weighted by Crippen LogP contribution is 2.38. The van der Waals surface area contributed by atoms with Gasteiger partial charge in [0.05, 0.1) is 12.2 Å². The van der Waals surface area contributed by atoms with Crippen LogP contribution in [0.1, 0.15) is 55.0 Å². The molecule has 0 bridgehead atoms. The first-order chi connectivity index (χ1) is 19.9. The molecule has 4 aromatic rings. The van der Waals surface area contributed by atoms with Gasteiger partial charge in [-0.3, -0.25) is 4.79 Å². The number of rotatable bonds is 10. The summed E-state index contributed by atoms with van der Waals surface area (Å²) in [5, 5.41) is 11.7. The van der Waals surface area contributed by atoms with Crippen molar-refractivity contribution in [1.82, 2.24) is 14.8 Å². The van der Waals surface area contributed by atoms with E-state index in [0.29, 0.717) is 40.3 Å². The largest absolute Gasteiger partial charge is 0.494 e. The van der Waals surface area contributed by atoms with Crippen LogP contribution in [-0.2, 0) is 10.5 Å². The van der Waals surface area contributed by atoms with Crippen LogP contribution in [0.3, 0.4) is 0 Å². The van der Waals surface area contributed by atoms with Gasteiger partial charge >= 0.3 is 0 Å². The van der Waals surface area contributed by atoms with Gasteiger partial charge in [0.1, 0.15) is 17.6 Å². The number of carbonyl (C=O) groups excluding carboxylic acids is 1. The van der Waals surface area contributed by atoms with E-state index < -0.39 is 6.04 Å². The monoisotopic (exact) mass is 571 g/mol. The standard InChI is InChI=1S/C32H34FN5O2S/c1-5-6-18-40-25-16-14-23(15-17-25)29-28(30(39)35-27-13-9-10-20(2)21(27)3)22(4)34-31-36-32(37-38(29)31)41-19-24-11-7-8-12-26(24)33/h7-17,29H,5-6,18-19H2,1-4H3,(H,35,39)(H,34,36,37). The van der Waals surface area contributed by atoms with Crippen molar-refractivity contribution in [2.24, 2.45) is 0 Å². The Kier molecular flexibility index (Phi) is 8.73. The molecule has 41 heavy (non-hydrogen) atoms. The highest BCUT2D eigenvalue weighted by Gasteiger charge is 2.34. The minimum Gasteiger partial charge on any atom is -0.494 e. The van der Waals surface area contributed by atoms with Crippen molar-refractivity contribution in [1.29, 1.82) is 0 Å². The Bertz CT molecular complexity index is 1580. The van der Waals surface area contributed by atoms with Crippen LogP contribution >= 0.6 is 11.8 Å². The number of halogens is 1. The van der Waals surface area contributed by atoms with Crippen LogP contribution in [0.4, 0.5) is 16.0 Å². The number of allylic oxidation sites excluding steroid dienone is 1. The summed E-state index contributed by atoms with van der Waals surface area (Å²) in [7, 11) is 0. The average Bonchev–Trinajstić information content (AvgIpc) is 3.37. The van der Waals surface area contributed by atoms with E-state index in [1.54, 1.807) is 16.8 Å². The lowest BCUT2D eigenvalue weighted by Gasteiger charge is -2.29. The zero-order valence-corrected chi connectivity index (χ0v) is 24.5. The smallest absolute Gasteiger partial charge is 0.255 e. The topological polar surface area (TPSA) is 81.1 Å². The molecule has 212 valence electrons. The third-order valence-electron chi connectivity index (χ3n) is 7.21. The zero-order chi connectivity index (χ0) is 28.9. The second kappa shape index (κ2) is 12.6. The third-order valence-corrected chi connectivity index (χ3v) is 8.09. The Morgan fingerprint density at radius 1 is 1.07 bits per heavy atom. The number of ether oxygens (including phenoxy) is 1. The molecule has 1 amide bonds. The number of benzene rings is 3. The van der Waals surface area contributed by atoms with E-state index in [2.05, 4.69) is 22.5 Å². The molecule has 5 rings (SSSR count). The number of amides is 1. The van der Waals surface area contributed by atoms with Gasteiger partial charge in [-0.05, 0) is 73.7 Å². The van der Waals surface area contributed by atoms with Crippen molar-refractivity contribution in [2.45, 2.75) is 57.5 Å². The number of thioether (sulfide) groups is 1. The van der Waals surface area contributed by atoms with Crippen molar-refractivity contribution >= 4 is 29.3 Å². The normalized spacial score (nSPS) is 14.4. The van der Waals surface area contributed by atoms with Gasteiger partial charge in [-0.15, -0.1) is 5.10 Å². The van der Waals surface area contributed by atoms with Crippen molar-refractivity contribution < 1.29 is 13.9 Å². The molecule has 7 nitrogen and oxygen atoms in total. The van der Waals surface area contributed by atoms with Gasteiger partial charge in [0.25, 0.3) is 5.91 Å². The van der Waals surface area contributed by atoms with Gasteiger partial charge in [0.2, 0.25) is 11.1 Å². The van der Waals surface area contributed by atoms with E-state index in [4.69, 9.17) is 9.84 Å². The van der Waals surface area contributed by atoms with E-state index in [9.17, 15) is 9.18 Å². The van der Waals surface area contributed by atoms with Crippen LogP contribution in [0.25, 0.3) is 0 Å². The Balaban J connectivity index is 1.48. The van der Waals surface area contributed by atoms with Crippen molar-refractivity contribution in [2.75, 3.05) is 17.2 Å². The summed E-state index contributed by atoms with van der Waals surface area (Å²) in [6, 6.07) is 19.8. The van der Waals surface area contributed by atoms with Crippen LogP contribution in [0.2, 0.25) is 0 Å². The molecule has 0 spiro atoms. The molecular formula is C32H34FN5O2S. The van der Waals surface area contributed by atoms with Crippen molar-refractivity contribution in [3.8, 4) is 5.75 Å². The summed E-state index contributed by atoms with van der Waals surface area (Å²) in [4.78, 5) is 18.6. The minimum atomic E-state index is -0.531. The van der Waals surface area contributed by atoms with Gasteiger partial charge in [-0.2, -0.15) is 4.98 Å². The van der Waals surface area contributed by atoms with Crippen molar-refractivity contribution in [3.05, 3.63) is 106 Å². The molecule has 0 radical (unpaired) electrons. The summed E-state index contributed by atoms with van der Waals surface area (Å²) in [6.07, 6.45) is 2.04. The first-order valence-corrected chi connectivity index (χ1v) is 14.7. The van der Waals surface area contributed by atoms with E-state index >= 15 is 0 Å². The molecule has 0 saturated carbocycles. The minimum absolute atomic E-state index is 0.223. The number of nitrogens with zero attached hydrogens (tertiary/aromatic N) is 3. The molecule has 0 saturated heterocycles. The molecule has 1 aliphatic heterocycles. The second-order valence-electron chi connectivity index (χ2n) is 10.1. The maximum Gasteiger partial charge on any atom is 0.255 e. The Morgan fingerprint density at radius 2 is 1.85 bits per heavy atom. The van der Waals surface area contributed by atoms with Crippen LogP contribution in [0.15, 0.2) is 83.2 Å². The maximum atomic E-state index is 14.2. The molecule has 0 aliphatic carbocycles. The molecule has 1 aliphatic rings. The number of hydrogen-bond acceptors (Lipinski definition) is 6. The molecule has 1 aromatic heterocycles. The Morgan fingerprint density at radius 3 is 2.61 bits per heavy atom. The Labute approximate surface area is 244 Å². The lowest BCUT2D eigenvalue weighted by atomic mass is 9.94. The second-order valence-corrected chi connectivity index (χ2v) is 11.0. The number of unbranched alkanes of at least 4 members (excludes halogenated alkanes) is 1.